The molecule has 57 heavy (non-hydrogen) atoms. The highest BCUT2D eigenvalue weighted by Gasteiger charge is 2.45. The smallest absolute Gasteiger partial charge is 0.410 e. The molecule has 2 aromatic heterocycles. The summed E-state index contributed by atoms with van der Waals surface area (Å²) in [6.45, 7) is 12.2. The van der Waals surface area contributed by atoms with Gasteiger partial charge >= 0.3 is 6.09 Å². The van der Waals surface area contributed by atoms with Crippen LogP contribution < -0.4 is 9.80 Å². The maximum atomic E-state index is 12.2. The highest BCUT2D eigenvalue weighted by molar-refractivity contribution is 14.1. The van der Waals surface area contributed by atoms with Crippen molar-refractivity contribution in [3.05, 3.63) is 34.8 Å². The first kappa shape index (κ1) is 46.3. The number of carbonyl (C=O) groups is 1. The Morgan fingerprint density at radius 1 is 0.737 bits per heavy atom. The van der Waals surface area contributed by atoms with Gasteiger partial charge in [0.1, 0.15) is 5.60 Å². The van der Waals surface area contributed by atoms with Gasteiger partial charge in [0.05, 0.1) is 53.6 Å². The lowest BCUT2D eigenvalue weighted by atomic mass is 9.91. The monoisotopic (exact) mass is 943 g/mol. The van der Waals surface area contributed by atoms with Gasteiger partial charge in [-0.2, -0.15) is 0 Å². The van der Waals surface area contributed by atoms with Crippen molar-refractivity contribution in [3.63, 3.8) is 0 Å². The van der Waals surface area contributed by atoms with Crippen LogP contribution in [-0.2, 0) is 9.47 Å². The Bertz CT molecular complexity index is 1480. The first-order valence-electron chi connectivity index (χ1n) is 21.2. The number of aliphatic hydroxyl groups is 1. The summed E-state index contributed by atoms with van der Waals surface area (Å²) in [7, 11) is 0. The Balaban J connectivity index is 0.000000199. The van der Waals surface area contributed by atoms with E-state index >= 15 is 0 Å². The molecule has 3 saturated carbocycles. The molecule has 1 amide bonds. The van der Waals surface area contributed by atoms with Crippen molar-refractivity contribution in [1.29, 1.82) is 0 Å². The predicted molar refractivity (Wildman–Crippen MR) is 239 cm³/mol. The molecular formula is C43H68Cl2IN7O4. The molecule has 6 aliphatic rings. The summed E-state index contributed by atoms with van der Waals surface area (Å²) in [6.07, 6.45) is 22.2. The van der Waals surface area contributed by atoms with Crippen molar-refractivity contribution in [2.24, 2.45) is 35.5 Å². The van der Waals surface area contributed by atoms with Gasteiger partial charge in [-0.15, -0.1) is 0 Å². The minimum absolute atomic E-state index is 0. The summed E-state index contributed by atoms with van der Waals surface area (Å²) >= 11 is 14.2. The lowest BCUT2D eigenvalue weighted by Gasteiger charge is -2.33. The second-order valence-electron chi connectivity index (χ2n) is 17.8. The Morgan fingerprint density at radius 2 is 1.19 bits per heavy atom. The van der Waals surface area contributed by atoms with Gasteiger partial charge in [0, 0.05) is 43.7 Å². The fraction of sp³-hybridized carbons (Fsp3) is 0.791. The van der Waals surface area contributed by atoms with Crippen LogP contribution in [0.15, 0.2) is 24.8 Å². The van der Waals surface area contributed by atoms with Crippen LogP contribution in [0.2, 0.25) is 10.0 Å². The topological polar surface area (TPSA) is 117 Å². The SMILES string of the molecule is C.CC(C)(C)OC(=O)N1CCC(OC[C@@H]2C[C@@H]2C2CCN(c3ncc(Cl)cn3)CC2)CC1.Clc1cnc(N2CCC([C@H]3C[C@H]3CI)CC2)nc1.OC1CCCCC1. The number of aromatic nitrogens is 4. The van der Waals surface area contributed by atoms with E-state index in [0.29, 0.717) is 16.0 Å². The van der Waals surface area contributed by atoms with Gasteiger partial charge in [-0.25, -0.2) is 24.7 Å². The first-order chi connectivity index (χ1) is 27.0. The third-order valence-electron chi connectivity index (χ3n) is 12.4. The van der Waals surface area contributed by atoms with Crippen LogP contribution in [0.5, 0.6) is 0 Å². The van der Waals surface area contributed by atoms with Crippen LogP contribution in [0.4, 0.5) is 16.7 Å². The molecule has 3 saturated heterocycles. The van der Waals surface area contributed by atoms with Crippen LogP contribution >= 0.6 is 45.8 Å². The van der Waals surface area contributed by atoms with E-state index in [2.05, 4.69) is 52.3 Å². The Hall–Kier alpha value is -1.74. The summed E-state index contributed by atoms with van der Waals surface area (Å²) in [6, 6.07) is 0. The first-order valence-corrected chi connectivity index (χ1v) is 23.5. The Kier molecular flexibility index (Phi) is 18.0. The van der Waals surface area contributed by atoms with Crippen molar-refractivity contribution in [1.82, 2.24) is 24.8 Å². The Labute approximate surface area is 365 Å². The number of ether oxygens (including phenoxy) is 2. The minimum atomic E-state index is -0.441. The molecular weight excluding hydrogens is 876 g/mol. The van der Waals surface area contributed by atoms with Crippen molar-refractivity contribution in [2.75, 3.05) is 60.1 Å². The van der Waals surface area contributed by atoms with Gasteiger partial charge < -0.3 is 29.3 Å². The summed E-state index contributed by atoms with van der Waals surface area (Å²) in [5.74, 6) is 6.86. The highest BCUT2D eigenvalue weighted by Crippen LogP contribution is 2.49. The summed E-state index contributed by atoms with van der Waals surface area (Å²) in [5, 5.41) is 10.1. The number of alkyl halides is 1. The fourth-order valence-corrected chi connectivity index (χ4v) is 10.1. The van der Waals surface area contributed by atoms with Gasteiger partial charge in [-0.3, -0.25) is 0 Å². The van der Waals surface area contributed by atoms with Crippen molar-refractivity contribution in [3.8, 4) is 0 Å². The van der Waals surface area contributed by atoms with Gasteiger partial charge in [0.15, 0.2) is 0 Å². The number of anilines is 2. The molecule has 11 nitrogen and oxygen atoms in total. The molecule has 3 aliphatic heterocycles. The minimum Gasteiger partial charge on any atom is -0.444 e. The molecule has 8 rings (SSSR count). The van der Waals surface area contributed by atoms with Crippen LogP contribution in [-0.4, -0.2) is 104 Å². The molecule has 14 heteroatoms. The number of likely N-dealkylation sites (tertiary alicyclic amines) is 1. The molecule has 4 atom stereocenters. The zero-order valence-electron chi connectivity index (χ0n) is 33.7. The van der Waals surface area contributed by atoms with E-state index in [9.17, 15) is 4.79 Å². The van der Waals surface area contributed by atoms with Gasteiger partial charge in [0.25, 0.3) is 0 Å². The van der Waals surface area contributed by atoms with Crippen LogP contribution in [0, 0.1) is 35.5 Å². The third-order valence-corrected chi connectivity index (χ3v) is 14.0. The normalized spacial score (nSPS) is 26.0. The van der Waals surface area contributed by atoms with Gasteiger partial charge in [-0.05, 0) is 120 Å². The molecule has 2 aromatic rings. The number of nitrogens with zero attached hydrogens (tertiary/aromatic N) is 7. The van der Waals surface area contributed by atoms with Gasteiger partial charge in [0.2, 0.25) is 11.9 Å². The lowest BCUT2D eigenvalue weighted by molar-refractivity contribution is -0.0154. The average Bonchev–Trinajstić information content (AvgIpc) is 4.14. The fourth-order valence-electron chi connectivity index (χ4n) is 8.93. The second kappa shape index (κ2) is 22.2. The van der Waals surface area contributed by atoms with Crippen molar-refractivity contribution in [2.45, 2.75) is 129 Å². The molecule has 320 valence electrons. The molecule has 6 fully saturated rings. The summed E-state index contributed by atoms with van der Waals surface area (Å²) < 4.78 is 13.0. The molecule has 1 N–H and O–H groups in total. The van der Waals surface area contributed by atoms with Crippen LogP contribution in [0.3, 0.4) is 0 Å². The number of rotatable bonds is 8. The summed E-state index contributed by atoms with van der Waals surface area (Å²) in [4.78, 5) is 35.8. The predicted octanol–water partition coefficient (Wildman–Crippen LogP) is 9.76. The lowest BCUT2D eigenvalue weighted by Crippen LogP contribution is -2.43. The van der Waals surface area contributed by atoms with Crippen LogP contribution in [0.1, 0.15) is 112 Å². The summed E-state index contributed by atoms with van der Waals surface area (Å²) in [5.41, 5.74) is -0.441. The second-order valence-corrected chi connectivity index (χ2v) is 19.6. The molecule has 0 spiro atoms. The number of piperidine rings is 3. The maximum Gasteiger partial charge on any atom is 0.410 e. The number of carbonyl (C=O) groups excluding carboxylic acids is 1. The van der Waals surface area contributed by atoms with E-state index in [4.69, 9.17) is 37.8 Å². The van der Waals surface area contributed by atoms with E-state index in [-0.39, 0.29) is 25.7 Å². The van der Waals surface area contributed by atoms with Crippen molar-refractivity contribution < 1.29 is 19.4 Å². The maximum absolute atomic E-state index is 12.2. The molecule has 0 radical (unpaired) electrons. The van der Waals surface area contributed by atoms with Crippen LogP contribution in [0.25, 0.3) is 0 Å². The van der Waals surface area contributed by atoms with E-state index in [0.717, 1.165) is 113 Å². The molecule has 0 bridgehead atoms. The quantitative estimate of drug-likeness (QED) is 0.203. The zero-order valence-corrected chi connectivity index (χ0v) is 37.4. The number of amides is 1. The van der Waals surface area contributed by atoms with E-state index < -0.39 is 5.60 Å². The van der Waals surface area contributed by atoms with Crippen molar-refractivity contribution >= 4 is 63.8 Å². The Morgan fingerprint density at radius 3 is 1.60 bits per heavy atom. The van der Waals surface area contributed by atoms with E-state index in [1.807, 2.05) is 25.7 Å². The largest absolute Gasteiger partial charge is 0.444 e. The molecule has 3 aliphatic carbocycles. The molecule has 0 unspecified atom stereocenters. The number of halogens is 3. The molecule has 5 heterocycles. The number of hydrogen-bond acceptors (Lipinski definition) is 10. The third kappa shape index (κ3) is 14.7. The number of aliphatic hydroxyl groups excluding tert-OH is 1. The van der Waals surface area contributed by atoms with E-state index in [1.54, 1.807) is 24.8 Å². The molecule has 0 aromatic carbocycles. The number of hydrogen-bond donors (Lipinski definition) is 1. The van der Waals surface area contributed by atoms with Gasteiger partial charge in [-0.1, -0.05) is 72.5 Å². The van der Waals surface area contributed by atoms with E-state index in [1.165, 1.54) is 62.2 Å². The average molecular weight is 945 g/mol. The zero-order chi connectivity index (χ0) is 39.7. The highest BCUT2D eigenvalue weighted by atomic mass is 127. The standard InChI is InChI=1S/C23H35ClN4O3.C13H17ClIN3.C6H12O.CH4/c1-23(2,3)31-22(29)28-10-6-19(7-11-28)30-15-17-12-20(17)16-4-8-27(9-5-16)21-25-13-18(24)14-26-21;14-11-7-16-13(17-8-11)18-3-1-9(2-4-18)12-5-10(12)6-15;7-6-4-2-1-3-5-6;/h13-14,16-17,19-20H,4-12,15H2,1-3H3;7-10,12H,1-6H2;6-7H,1-5H2;1H4/t17-,20+;10-,12+;;/m00../s1.